The molecule has 132 valence electrons. The molecule has 0 bridgehead atoms. The quantitative estimate of drug-likeness (QED) is 0.568. The van der Waals surface area contributed by atoms with Crippen LogP contribution in [0.15, 0.2) is 79.4 Å². The Labute approximate surface area is 156 Å². The van der Waals surface area contributed by atoms with Crippen LogP contribution < -0.4 is 10.6 Å². The fourth-order valence-electron chi connectivity index (χ4n) is 2.76. The van der Waals surface area contributed by atoms with E-state index in [0.29, 0.717) is 23.6 Å². The van der Waals surface area contributed by atoms with Gasteiger partial charge in [-0.2, -0.15) is 0 Å². The monoisotopic (exact) mass is 355 g/mol. The maximum Gasteiger partial charge on any atom is 0.255 e. The van der Waals surface area contributed by atoms with E-state index >= 15 is 0 Å². The molecule has 0 aliphatic heterocycles. The molecule has 2 N–H and O–H groups in total. The third kappa shape index (κ3) is 3.90. The number of aromatic nitrogens is 3. The van der Waals surface area contributed by atoms with E-state index in [1.807, 2.05) is 42.5 Å². The maximum absolute atomic E-state index is 12.7. The Morgan fingerprint density at radius 2 is 1.81 bits per heavy atom. The smallest absolute Gasteiger partial charge is 0.255 e. The van der Waals surface area contributed by atoms with E-state index in [1.54, 1.807) is 36.9 Å². The lowest BCUT2D eigenvalue weighted by Gasteiger charge is -2.10. The number of fused-ring (bicyclic) bond motifs is 1. The number of carbonyl (C=O) groups excluding carboxylic acids is 1. The van der Waals surface area contributed by atoms with E-state index in [4.69, 9.17) is 0 Å². The van der Waals surface area contributed by atoms with Crippen molar-refractivity contribution in [1.29, 1.82) is 0 Å². The van der Waals surface area contributed by atoms with Gasteiger partial charge in [-0.25, -0.2) is 4.98 Å². The van der Waals surface area contributed by atoms with E-state index in [0.717, 1.165) is 16.5 Å². The average molecular weight is 355 g/mol. The summed E-state index contributed by atoms with van der Waals surface area (Å²) in [5.41, 5.74) is 3.00. The number of nitrogens with zero attached hydrogens (tertiary/aromatic N) is 3. The molecule has 4 rings (SSSR count). The van der Waals surface area contributed by atoms with Gasteiger partial charge in [-0.3, -0.25) is 14.8 Å². The summed E-state index contributed by atoms with van der Waals surface area (Å²) in [6.07, 6.45) is 6.85. The van der Waals surface area contributed by atoms with Crippen molar-refractivity contribution >= 4 is 28.3 Å². The van der Waals surface area contributed by atoms with Crippen LogP contribution in [0.3, 0.4) is 0 Å². The third-order valence-electron chi connectivity index (χ3n) is 4.10. The number of pyridine rings is 3. The number of hydrogen-bond acceptors (Lipinski definition) is 5. The molecule has 4 aromatic rings. The summed E-state index contributed by atoms with van der Waals surface area (Å²) < 4.78 is 0. The average Bonchev–Trinajstić information content (AvgIpc) is 2.73. The first-order chi connectivity index (χ1) is 13.3. The molecule has 0 spiro atoms. The maximum atomic E-state index is 12.7. The summed E-state index contributed by atoms with van der Waals surface area (Å²) in [4.78, 5) is 25.4. The Morgan fingerprint density at radius 1 is 0.926 bits per heavy atom. The molecule has 0 unspecified atom stereocenters. The van der Waals surface area contributed by atoms with Gasteiger partial charge in [0, 0.05) is 42.3 Å². The lowest BCUT2D eigenvalue weighted by molar-refractivity contribution is 0.102. The molecular formula is C21H17N5O. The van der Waals surface area contributed by atoms with Crippen molar-refractivity contribution < 1.29 is 4.79 Å². The van der Waals surface area contributed by atoms with Crippen molar-refractivity contribution in [2.24, 2.45) is 0 Å². The predicted molar refractivity (Wildman–Crippen MR) is 105 cm³/mol. The van der Waals surface area contributed by atoms with Crippen molar-refractivity contribution in [1.82, 2.24) is 15.0 Å². The molecular weight excluding hydrogens is 338 g/mol. The molecule has 3 heterocycles. The van der Waals surface area contributed by atoms with Gasteiger partial charge in [0.05, 0.1) is 11.2 Å². The van der Waals surface area contributed by atoms with Crippen LogP contribution >= 0.6 is 0 Å². The Balaban J connectivity index is 1.50. The van der Waals surface area contributed by atoms with Crippen LogP contribution in [0.1, 0.15) is 15.9 Å². The second-order valence-electron chi connectivity index (χ2n) is 5.98. The Hall–Kier alpha value is -3.80. The van der Waals surface area contributed by atoms with Crippen LogP contribution in [0.4, 0.5) is 11.5 Å². The van der Waals surface area contributed by atoms with E-state index in [9.17, 15) is 4.79 Å². The molecule has 6 nitrogen and oxygen atoms in total. The standard InChI is InChI=1S/C21H17N5O/c27-21(26-18-7-1-5-16-6-3-10-24-20(16)18)17-8-11-23-19(12-17)25-14-15-4-2-9-22-13-15/h1-13H,14H2,(H,23,25)(H,26,27). The summed E-state index contributed by atoms with van der Waals surface area (Å²) in [6.45, 7) is 0.582. The van der Waals surface area contributed by atoms with E-state index in [-0.39, 0.29) is 5.91 Å². The summed E-state index contributed by atoms with van der Waals surface area (Å²) in [5.74, 6) is 0.419. The van der Waals surface area contributed by atoms with Crippen LogP contribution in [0, 0.1) is 0 Å². The molecule has 27 heavy (non-hydrogen) atoms. The van der Waals surface area contributed by atoms with Crippen molar-refractivity contribution in [2.75, 3.05) is 10.6 Å². The zero-order valence-corrected chi connectivity index (χ0v) is 14.5. The molecule has 0 atom stereocenters. The highest BCUT2D eigenvalue weighted by Gasteiger charge is 2.10. The second-order valence-corrected chi connectivity index (χ2v) is 5.98. The number of benzene rings is 1. The van der Waals surface area contributed by atoms with Crippen molar-refractivity contribution in [3.8, 4) is 0 Å². The van der Waals surface area contributed by atoms with Gasteiger partial charge in [-0.1, -0.05) is 24.3 Å². The number of rotatable bonds is 5. The number of hydrogen-bond donors (Lipinski definition) is 2. The van der Waals surface area contributed by atoms with Gasteiger partial charge in [0.25, 0.3) is 5.91 Å². The van der Waals surface area contributed by atoms with E-state index in [2.05, 4.69) is 25.6 Å². The highest BCUT2D eigenvalue weighted by atomic mass is 16.1. The Bertz CT molecular complexity index is 1080. The molecule has 0 saturated heterocycles. The Morgan fingerprint density at radius 3 is 2.70 bits per heavy atom. The first-order valence-electron chi connectivity index (χ1n) is 8.53. The van der Waals surface area contributed by atoms with Crippen LogP contribution in [-0.2, 0) is 6.54 Å². The van der Waals surface area contributed by atoms with Gasteiger partial charge >= 0.3 is 0 Å². The molecule has 0 saturated carbocycles. The fraction of sp³-hybridized carbons (Fsp3) is 0.0476. The zero-order chi connectivity index (χ0) is 18.5. The molecule has 0 aliphatic carbocycles. The molecule has 1 aromatic carbocycles. The first kappa shape index (κ1) is 16.7. The van der Waals surface area contributed by atoms with Crippen LogP contribution in [-0.4, -0.2) is 20.9 Å². The number of nitrogens with one attached hydrogen (secondary N) is 2. The van der Waals surface area contributed by atoms with E-state index < -0.39 is 0 Å². The summed E-state index contributed by atoms with van der Waals surface area (Å²) in [5, 5.41) is 7.12. The molecule has 6 heteroatoms. The molecule has 1 amide bonds. The molecule has 0 aliphatic rings. The lowest BCUT2D eigenvalue weighted by atomic mass is 10.1. The summed E-state index contributed by atoms with van der Waals surface area (Å²) in [7, 11) is 0. The fourth-order valence-corrected chi connectivity index (χ4v) is 2.76. The van der Waals surface area contributed by atoms with Crippen molar-refractivity contribution in [2.45, 2.75) is 6.54 Å². The SMILES string of the molecule is O=C(Nc1cccc2cccnc12)c1ccnc(NCc2cccnc2)c1. The Kier molecular flexibility index (Phi) is 4.70. The van der Waals surface area contributed by atoms with Gasteiger partial charge in [0.1, 0.15) is 5.82 Å². The van der Waals surface area contributed by atoms with Crippen molar-refractivity contribution in [3.63, 3.8) is 0 Å². The zero-order valence-electron chi connectivity index (χ0n) is 14.5. The van der Waals surface area contributed by atoms with Gasteiger partial charge in [-0.15, -0.1) is 0 Å². The minimum atomic E-state index is -0.208. The van der Waals surface area contributed by atoms with Crippen LogP contribution in [0.5, 0.6) is 0 Å². The van der Waals surface area contributed by atoms with E-state index in [1.165, 1.54) is 0 Å². The minimum Gasteiger partial charge on any atom is -0.366 e. The van der Waals surface area contributed by atoms with Crippen LogP contribution in [0.25, 0.3) is 10.9 Å². The molecule has 0 radical (unpaired) electrons. The normalized spacial score (nSPS) is 10.5. The second kappa shape index (κ2) is 7.61. The predicted octanol–water partition coefficient (Wildman–Crippen LogP) is 3.89. The minimum absolute atomic E-state index is 0.208. The summed E-state index contributed by atoms with van der Waals surface area (Å²) in [6, 6.07) is 16.8. The third-order valence-corrected chi connectivity index (χ3v) is 4.10. The number of para-hydroxylation sites is 1. The van der Waals surface area contributed by atoms with Crippen molar-refractivity contribution in [3.05, 3.63) is 90.5 Å². The van der Waals surface area contributed by atoms with Gasteiger partial charge in [0.15, 0.2) is 0 Å². The van der Waals surface area contributed by atoms with Gasteiger partial charge in [-0.05, 0) is 35.9 Å². The highest BCUT2D eigenvalue weighted by Crippen LogP contribution is 2.21. The molecule has 3 aromatic heterocycles. The largest absolute Gasteiger partial charge is 0.366 e. The number of anilines is 2. The van der Waals surface area contributed by atoms with Gasteiger partial charge in [0.2, 0.25) is 0 Å². The van der Waals surface area contributed by atoms with Crippen LogP contribution in [0.2, 0.25) is 0 Å². The topological polar surface area (TPSA) is 79.8 Å². The molecule has 0 fully saturated rings. The van der Waals surface area contributed by atoms with Gasteiger partial charge < -0.3 is 10.6 Å². The number of carbonyl (C=O) groups is 1. The first-order valence-corrected chi connectivity index (χ1v) is 8.53. The lowest BCUT2D eigenvalue weighted by Crippen LogP contribution is -2.13. The highest BCUT2D eigenvalue weighted by molar-refractivity contribution is 6.08. The summed E-state index contributed by atoms with van der Waals surface area (Å²) >= 11 is 0. The number of amides is 1.